The first-order valence-electron chi connectivity index (χ1n) is 4.36. The number of halogens is 1. The number of hydrogen-bond acceptors (Lipinski definition) is 5. The van der Waals surface area contributed by atoms with E-state index in [2.05, 4.69) is 10.3 Å². The Morgan fingerprint density at radius 3 is 2.73 bits per heavy atom. The number of nitrogens with one attached hydrogen (secondary N) is 1. The lowest BCUT2D eigenvalue weighted by Crippen LogP contribution is -2.27. The molecule has 15 heavy (non-hydrogen) atoms. The van der Waals surface area contributed by atoms with Crippen LogP contribution < -0.4 is 10.9 Å². The molecule has 0 radical (unpaired) electrons. The molecule has 1 rings (SSSR count). The molecule has 1 aromatic rings. The van der Waals surface area contributed by atoms with Gasteiger partial charge in [0.25, 0.3) is 0 Å². The van der Waals surface area contributed by atoms with Crippen LogP contribution in [-0.4, -0.2) is 16.8 Å². The van der Waals surface area contributed by atoms with Crippen LogP contribution in [0.4, 0.5) is 5.82 Å². The van der Waals surface area contributed by atoms with E-state index in [1.807, 2.05) is 0 Å². The van der Waals surface area contributed by atoms with Gasteiger partial charge in [-0.25, -0.2) is 9.78 Å². The lowest BCUT2D eigenvalue weighted by molar-refractivity contribution is -0.117. The molecule has 0 amide bonds. The first-order chi connectivity index (χ1) is 6.91. The Morgan fingerprint density at radius 1 is 1.60 bits per heavy atom. The Balaban J connectivity index is 3.01. The second kappa shape index (κ2) is 4.44. The molecule has 0 saturated carbocycles. The Morgan fingerprint density at radius 2 is 2.20 bits per heavy atom. The third-order valence-electron chi connectivity index (χ3n) is 1.90. The lowest BCUT2D eigenvalue weighted by Gasteiger charge is -2.09. The molecule has 5 nitrogen and oxygen atoms in total. The summed E-state index contributed by atoms with van der Waals surface area (Å²) in [4.78, 5) is 26.0. The number of anilines is 1. The minimum Gasteiger partial charge on any atom is -0.422 e. The van der Waals surface area contributed by atoms with Crippen molar-refractivity contribution >= 4 is 23.2 Å². The first-order valence-corrected chi connectivity index (χ1v) is 4.74. The third-order valence-corrected chi connectivity index (χ3v) is 2.25. The molecule has 0 saturated heterocycles. The van der Waals surface area contributed by atoms with Gasteiger partial charge in [-0.3, -0.25) is 4.79 Å². The molecule has 1 heterocycles. The molecule has 1 aromatic heterocycles. The molecule has 6 heteroatoms. The molecule has 82 valence electrons. The predicted molar refractivity (Wildman–Crippen MR) is 56.3 cm³/mol. The summed E-state index contributed by atoms with van der Waals surface area (Å²) in [6, 6.07) is -0.501. The summed E-state index contributed by atoms with van der Waals surface area (Å²) < 4.78 is 4.80. The van der Waals surface area contributed by atoms with Crippen LogP contribution in [0.2, 0.25) is 5.15 Å². The summed E-state index contributed by atoms with van der Waals surface area (Å²) in [5, 5.41) is 2.73. The second-order valence-corrected chi connectivity index (χ2v) is 3.53. The van der Waals surface area contributed by atoms with E-state index in [1.54, 1.807) is 6.92 Å². The molecule has 0 bridgehead atoms. The van der Waals surface area contributed by atoms with Gasteiger partial charge in [0.05, 0.1) is 6.04 Å². The van der Waals surface area contributed by atoms with Gasteiger partial charge in [-0.05, 0) is 20.8 Å². The molecule has 0 aliphatic carbocycles. The van der Waals surface area contributed by atoms with Crippen molar-refractivity contribution < 1.29 is 9.21 Å². The van der Waals surface area contributed by atoms with Crippen LogP contribution >= 0.6 is 11.6 Å². The zero-order valence-corrected chi connectivity index (χ0v) is 9.38. The smallest absolute Gasteiger partial charge is 0.379 e. The molecular formula is C9H11ClN2O3. The van der Waals surface area contributed by atoms with E-state index in [4.69, 9.17) is 16.0 Å². The van der Waals surface area contributed by atoms with Crippen molar-refractivity contribution in [3.63, 3.8) is 0 Å². The van der Waals surface area contributed by atoms with Gasteiger partial charge in [0.15, 0.2) is 10.9 Å². The number of aryl methyl sites for hydroxylation is 1. The van der Waals surface area contributed by atoms with Gasteiger partial charge < -0.3 is 9.73 Å². The van der Waals surface area contributed by atoms with Gasteiger partial charge in [-0.15, -0.1) is 0 Å². The van der Waals surface area contributed by atoms with Crippen molar-refractivity contribution in [3.05, 3.63) is 21.3 Å². The first kappa shape index (κ1) is 11.7. The fourth-order valence-electron chi connectivity index (χ4n) is 0.850. The van der Waals surface area contributed by atoms with Gasteiger partial charge in [0.2, 0.25) is 5.82 Å². The second-order valence-electron chi connectivity index (χ2n) is 3.17. The number of carbonyl (C=O) groups is 1. The maximum Gasteiger partial charge on any atom is 0.379 e. The molecule has 0 spiro atoms. The van der Waals surface area contributed by atoms with Crippen LogP contribution in [0, 0.1) is 6.92 Å². The normalized spacial score (nSPS) is 12.3. The maximum atomic E-state index is 11.3. The zero-order valence-electron chi connectivity index (χ0n) is 8.63. The Kier molecular flexibility index (Phi) is 3.47. The number of rotatable bonds is 3. The van der Waals surface area contributed by atoms with Crippen LogP contribution in [0.3, 0.4) is 0 Å². The van der Waals surface area contributed by atoms with Gasteiger partial charge in [0, 0.05) is 0 Å². The summed E-state index contributed by atoms with van der Waals surface area (Å²) in [6.45, 7) is 4.57. The van der Waals surface area contributed by atoms with E-state index in [1.165, 1.54) is 13.8 Å². The van der Waals surface area contributed by atoms with E-state index in [0.717, 1.165) is 0 Å². The zero-order chi connectivity index (χ0) is 11.6. The van der Waals surface area contributed by atoms with Gasteiger partial charge in [-0.1, -0.05) is 11.6 Å². The van der Waals surface area contributed by atoms with Crippen LogP contribution in [-0.2, 0) is 4.79 Å². The van der Waals surface area contributed by atoms with Crippen LogP contribution in [0.25, 0.3) is 0 Å². The molecule has 1 atom stereocenters. The molecule has 1 unspecified atom stereocenters. The van der Waals surface area contributed by atoms with E-state index in [0.29, 0.717) is 0 Å². The summed E-state index contributed by atoms with van der Waals surface area (Å²) in [5.41, 5.74) is -0.634. The lowest BCUT2D eigenvalue weighted by atomic mass is 10.2. The fraction of sp³-hybridized carbons (Fsp3) is 0.444. The van der Waals surface area contributed by atoms with Gasteiger partial charge in [0.1, 0.15) is 5.76 Å². The molecule has 1 N–H and O–H groups in total. The predicted octanol–water partition coefficient (Wildman–Crippen LogP) is 1.39. The quantitative estimate of drug-likeness (QED) is 0.850. The maximum absolute atomic E-state index is 11.3. The minimum absolute atomic E-state index is 0.0479. The minimum atomic E-state index is -0.634. The molecule has 0 aliphatic rings. The summed E-state index contributed by atoms with van der Waals surface area (Å²) >= 11 is 5.68. The fourth-order valence-corrected chi connectivity index (χ4v) is 0.973. The SMILES string of the molecule is CC(=O)C(C)Nc1nc(Cl)c(C)oc1=O. The largest absolute Gasteiger partial charge is 0.422 e. The van der Waals surface area contributed by atoms with Crippen molar-refractivity contribution in [3.8, 4) is 0 Å². The van der Waals surface area contributed by atoms with Gasteiger partial charge >= 0.3 is 5.63 Å². The Hall–Kier alpha value is -1.36. The monoisotopic (exact) mass is 230 g/mol. The number of aromatic nitrogens is 1. The highest BCUT2D eigenvalue weighted by molar-refractivity contribution is 6.29. The average molecular weight is 231 g/mol. The number of carbonyl (C=O) groups excluding carboxylic acids is 1. The highest BCUT2D eigenvalue weighted by Crippen LogP contribution is 2.11. The summed E-state index contributed by atoms with van der Waals surface area (Å²) in [5.74, 6) is 0.101. The summed E-state index contributed by atoms with van der Waals surface area (Å²) in [7, 11) is 0. The molecular weight excluding hydrogens is 220 g/mol. The van der Waals surface area contributed by atoms with Crippen molar-refractivity contribution in [2.45, 2.75) is 26.8 Å². The van der Waals surface area contributed by atoms with Crippen molar-refractivity contribution in [1.82, 2.24) is 4.98 Å². The Bertz CT molecular complexity index is 441. The van der Waals surface area contributed by atoms with E-state index in [-0.39, 0.29) is 22.5 Å². The van der Waals surface area contributed by atoms with Crippen LogP contribution in [0.1, 0.15) is 19.6 Å². The Labute approximate surface area is 91.5 Å². The number of ketones is 1. The number of Topliss-reactive ketones (excluding diaryl/α,β-unsaturated/α-hetero) is 1. The van der Waals surface area contributed by atoms with Crippen molar-refractivity contribution in [2.75, 3.05) is 5.32 Å². The molecule has 0 aliphatic heterocycles. The van der Waals surface area contributed by atoms with E-state index in [9.17, 15) is 9.59 Å². The van der Waals surface area contributed by atoms with Crippen LogP contribution in [0.5, 0.6) is 0 Å². The molecule has 0 fully saturated rings. The highest BCUT2D eigenvalue weighted by atomic mass is 35.5. The topological polar surface area (TPSA) is 72.2 Å². The third kappa shape index (κ3) is 2.79. The van der Waals surface area contributed by atoms with E-state index >= 15 is 0 Å². The van der Waals surface area contributed by atoms with Crippen molar-refractivity contribution in [1.29, 1.82) is 0 Å². The van der Waals surface area contributed by atoms with E-state index < -0.39 is 11.7 Å². The standard InChI is InChI=1S/C9H11ClN2O3/c1-4(5(2)13)11-8-9(14)15-6(3)7(10)12-8/h4H,1-3H3,(H,11,12). The average Bonchev–Trinajstić information content (AvgIpc) is 2.13. The summed E-state index contributed by atoms with van der Waals surface area (Å²) in [6.07, 6.45) is 0. The number of nitrogens with zero attached hydrogens (tertiary/aromatic N) is 1. The van der Waals surface area contributed by atoms with Crippen molar-refractivity contribution in [2.24, 2.45) is 0 Å². The van der Waals surface area contributed by atoms with Gasteiger partial charge in [-0.2, -0.15) is 0 Å². The highest BCUT2D eigenvalue weighted by Gasteiger charge is 2.13. The molecule has 0 aromatic carbocycles. The van der Waals surface area contributed by atoms with Crippen LogP contribution in [0.15, 0.2) is 9.21 Å². The number of hydrogen-bond donors (Lipinski definition) is 1.